The summed E-state index contributed by atoms with van der Waals surface area (Å²) >= 11 is 0. The highest BCUT2D eigenvalue weighted by atomic mass is 16.5. The minimum Gasteiger partial charge on any atom is -0.466 e. The van der Waals surface area contributed by atoms with Crippen molar-refractivity contribution in [1.82, 2.24) is 5.32 Å². The van der Waals surface area contributed by atoms with Crippen LogP contribution < -0.4 is 5.32 Å². The molecule has 2 unspecified atom stereocenters. The molecule has 56 heavy (non-hydrogen) atoms. The molecule has 1 amide bonds. The maximum absolute atomic E-state index is 12.3. The number of esters is 1. The number of aliphatic hydroxyl groups excluding tert-OH is 2. The first kappa shape index (κ1) is 54.3. The Bertz CT molecular complexity index is 874. The Hall–Kier alpha value is -1.66. The van der Waals surface area contributed by atoms with E-state index in [9.17, 15) is 19.8 Å². The van der Waals surface area contributed by atoms with Gasteiger partial charge < -0.3 is 20.3 Å². The first-order valence-corrected chi connectivity index (χ1v) is 24.6. The van der Waals surface area contributed by atoms with E-state index in [1.165, 1.54) is 173 Å². The Labute approximate surface area is 348 Å². The lowest BCUT2D eigenvalue weighted by molar-refractivity contribution is -0.143. The second-order valence-electron chi connectivity index (χ2n) is 16.8. The lowest BCUT2D eigenvalue weighted by atomic mass is 10.0. The van der Waals surface area contributed by atoms with Gasteiger partial charge >= 0.3 is 5.97 Å². The van der Waals surface area contributed by atoms with Crippen LogP contribution in [0.1, 0.15) is 258 Å². The van der Waals surface area contributed by atoms with E-state index in [0.29, 0.717) is 19.4 Å². The van der Waals surface area contributed by atoms with Crippen molar-refractivity contribution in [1.29, 1.82) is 0 Å². The van der Waals surface area contributed by atoms with Crippen LogP contribution in [0.5, 0.6) is 0 Å². The molecule has 0 rings (SSSR count). The second-order valence-corrected chi connectivity index (χ2v) is 16.8. The minimum absolute atomic E-state index is 0.0168. The number of unbranched alkanes of at least 4 members (excludes halogenated alkanes) is 32. The van der Waals surface area contributed by atoms with E-state index in [1.54, 1.807) is 6.08 Å². The van der Waals surface area contributed by atoms with Crippen LogP contribution in [0, 0.1) is 0 Å². The lowest BCUT2D eigenvalue weighted by Gasteiger charge is -2.20. The molecule has 0 aromatic rings. The number of hydrogen-bond donors (Lipinski definition) is 3. The van der Waals surface area contributed by atoms with Gasteiger partial charge in [-0.25, -0.2) is 0 Å². The van der Waals surface area contributed by atoms with E-state index in [4.69, 9.17) is 4.74 Å². The predicted octanol–water partition coefficient (Wildman–Crippen LogP) is 14.3. The fourth-order valence-electron chi connectivity index (χ4n) is 7.39. The van der Waals surface area contributed by atoms with E-state index in [-0.39, 0.29) is 18.5 Å². The number of carbonyl (C=O) groups excluding carboxylic acids is 2. The smallest absolute Gasteiger partial charge is 0.305 e. The fraction of sp³-hybridized carbons (Fsp3) is 0.880. The van der Waals surface area contributed by atoms with Crippen molar-refractivity contribution in [3.8, 4) is 0 Å². The minimum atomic E-state index is -0.854. The third-order valence-corrected chi connectivity index (χ3v) is 11.2. The van der Waals surface area contributed by atoms with E-state index in [2.05, 4.69) is 31.3 Å². The molecular weight excluding hydrogens is 695 g/mol. The highest BCUT2D eigenvalue weighted by Gasteiger charge is 2.18. The Balaban J connectivity index is 3.44. The topological polar surface area (TPSA) is 95.9 Å². The summed E-state index contributed by atoms with van der Waals surface area (Å²) in [5.74, 6) is -0.107. The van der Waals surface area contributed by atoms with Gasteiger partial charge in [0, 0.05) is 12.8 Å². The number of hydrogen-bond acceptors (Lipinski definition) is 5. The summed E-state index contributed by atoms with van der Waals surface area (Å²) < 4.78 is 5.46. The maximum atomic E-state index is 12.3. The van der Waals surface area contributed by atoms with Gasteiger partial charge in [0.25, 0.3) is 0 Å². The first-order chi connectivity index (χ1) is 27.5. The van der Waals surface area contributed by atoms with E-state index >= 15 is 0 Å². The number of nitrogens with one attached hydrogen (secondary N) is 1. The van der Waals surface area contributed by atoms with Gasteiger partial charge in [-0.15, -0.1) is 0 Å². The number of carbonyl (C=O) groups is 2. The average Bonchev–Trinajstić information content (AvgIpc) is 3.20. The molecule has 0 aliphatic rings. The molecule has 0 saturated heterocycles. The van der Waals surface area contributed by atoms with Crippen LogP contribution in [-0.2, 0) is 14.3 Å². The molecular formula is C50H95NO5. The molecule has 0 aliphatic carbocycles. The summed E-state index contributed by atoms with van der Waals surface area (Å²) in [5, 5.41) is 22.9. The molecule has 330 valence electrons. The molecule has 0 bridgehead atoms. The van der Waals surface area contributed by atoms with Gasteiger partial charge in [-0.2, -0.15) is 0 Å². The standard InChI is InChI=1S/C50H95NO5/c1-3-5-7-9-11-13-14-15-16-17-18-19-20-21-24-28-32-36-40-44-50(55)56-45-41-37-33-29-25-22-23-27-31-35-39-43-49(54)51-47(46-52)48(53)42-38-34-30-26-12-10-8-6-4-2/h15-16,38,42,47-48,52-53H,3-14,17-37,39-41,43-46H2,1-2H3,(H,51,54)/b16-15-,42-38+. The normalized spacial score (nSPS) is 12.9. The highest BCUT2D eigenvalue weighted by Crippen LogP contribution is 2.15. The van der Waals surface area contributed by atoms with Crippen molar-refractivity contribution < 1.29 is 24.5 Å². The van der Waals surface area contributed by atoms with Gasteiger partial charge in [0.2, 0.25) is 5.91 Å². The Morgan fingerprint density at radius 1 is 0.482 bits per heavy atom. The van der Waals surface area contributed by atoms with Crippen LogP contribution >= 0.6 is 0 Å². The van der Waals surface area contributed by atoms with Crippen molar-refractivity contribution in [2.24, 2.45) is 0 Å². The van der Waals surface area contributed by atoms with Gasteiger partial charge in [-0.1, -0.05) is 212 Å². The third kappa shape index (κ3) is 42.0. The summed E-state index contributed by atoms with van der Waals surface area (Å²) in [6, 6.07) is -0.639. The van der Waals surface area contributed by atoms with Crippen LogP contribution in [0.2, 0.25) is 0 Å². The second kappa shape index (κ2) is 46.0. The fourth-order valence-corrected chi connectivity index (χ4v) is 7.39. The molecule has 0 radical (unpaired) electrons. The van der Waals surface area contributed by atoms with Gasteiger partial charge in [0.15, 0.2) is 0 Å². The van der Waals surface area contributed by atoms with Crippen molar-refractivity contribution in [3.63, 3.8) is 0 Å². The zero-order valence-corrected chi connectivity index (χ0v) is 37.4. The zero-order chi connectivity index (χ0) is 40.8. The van der Waals surface area contributed by atoms with Crippen molar-refractivity contribution in [3.05, 3.63) is 24.3 Å². The molecule has 0 aliphatic heterocycles. The van der Waals surface area contributed by atoms with Crippen molar-refractivity contribution >= 4 is 11.9 Å². The average molecular weight is 790 g/mol. The summed E-state index contributed by atoms with van der Waals surface area (Å²) in [6.07, 6.45) is 53.2. The lowest BCUT2D eigenvalue weighted by Crippen LogP contribution is -2.45. The number of amides is 1. The summed E-state index contributed by atoms with van der Waals surface area (Å²) in [6.45, 7) is 4.82. The van der Waals surface area contributed by atoms with Gasteiger partial charge in [-0.3, -0.25) is 9.59 Å². The number of aliphatic hydroxyl groups is 2. The maximum Gasteiger partial charge on any atom is 0.305 e. The zero-order valence-electron chi connectivity index (χ0n) is 37.4. The molecule has 0 fully saturated rings. The van der Waals surface area contributed by atoms with Crippen molar-refractivity contribution in [2.75, 3.05) is 13.2 Å². The van der Waals surface area contributed by atoms with Crippen LogP contribution in [0.25, 0.3) is 0 Å². The van der Waals surface area contributed by atoms with E-state index < -0.39 is 12.1 Å². The van der Waals surface area contributed by atoms with Gasteiger partial charge in [0.1, 0.15) is 0 Å². The molecule has 0 aromatic heterocycles. The Morgan fingerprint density at radius 2 is 0.839 bits per heavy atom. The van der Waals surface area contributed by atoms with Gasteiger partial charge in [0.05, 0.1) is 25.4 Å². The SMILES string of the molecule is CCCCCCCC/C=C\CCCCCCCCCCCC(=O)OCCCCCCCCCCCCCC(=O)NC(CO)C(O)/C=C/CCCCCCCCC. The van der Waals surface area contributed by atoms with Crippen LogP contribution in [0.4, 0.5) is 0 Å². The molecule has 0 aromatic carbocycles. The molecule has 0 heterocycles. The number of allylic oxidation sites excluding steroid dienone is 3. The molecule has 6 heteroatoms. The Kier molecular flexibility index (Phi) is 44.7. The summed E-state index contributed by atoms with van der Waals surface area (Å²) in [7, 11) is 0. The van der Waals surface area contributed by atoms with Gasteiger partial charge in [-0.05, 0) is 57.8 Å². The number of ether oxygens (including phenoxy) is 1. The molecule has 0 saturated carbocycles. The van der Waals surface area contributed by atoms with Crippen LogP contribution in [0.3, 0.4) is 0 Å². The van der Waals surface area contributed by atoms with Crippen molar-refractivity contribution in [2.45, 2.75) is 270 Å². The molecule has 2 atom stereocenters. The van der Waals surface area contributed by atoms with Crippen LogP contribution in [0.15, 0.2) is 24.3 Å². The van der Waals surface area contributed by atoms with E-state index in [0.717, 1.165) is 57.8 Å². The highest BCUT2D eigenvalue weighted by molar-refractivity contribution is 5.76. The predicted molar refractivity (Wildman–Crippen MR) is 241 cm³/mol. The van der Waals surface area contributed by atoms with E-state index in [1.807, 2.05) is 6.08 Å². The molecule has 3 N–H and O–H groups in total. The summed E-state index contributed by atoms with van der Waals surface area (Å²) in [4.78, 5) is 24.4. The Morgan fingerprint density at radius 3 is 1.27 bits per heavy atom. The quantitative estimate of drug-likeness (QED) is 0.0324. The van der Waals surface area contributed by atoms with Crippen LogP contribution in [-0.4, -0.2) is 47.4 Å². The molecule has 6 nitrogen and oxygen atoms in total. The first-order valence-electron chi connectivity index (χ1n) is 24.6. The molecule has 0 spiro atoms. The summed E-state index contributed by atoms with van der Waals surface area (Å²) in [5.41, 5.74) is 0. The number of rotatable bonds is 45. The largest absolute Gasteiger partial charge is 0.466 e. The third-order valence-electron chi connectivity index (χ3n) is 11.2. The monoisotopic (exact) mass is 790 g/mol.